The zero-order valence-electron chi connectivity index (χ0n) is 14.5. The van der Waals surface area contributed by atoms with Crippen molar-refractivity contribution in [3.63, 3.8) is 0 Å². The predicted octanol–water partition coefficient (Wildman–Crippen LogP) is 2.12. The molecular formula is C19H19N5O2. The van der Waals surface area contributed by atoms with Crippen molar-refractivity contribution in [1.29, 1.82) is 0 Å². The molecule has 3 aromatic rings. The Labute approximate surface area is 150 Å². The fourth-order valence-corrected chi connectivity index (χ4v) is 2.88. The van der Waals surface area contributed by atoms with Crippen molar-refractivity contribution >= 4 is 22.9 Å². The van der Waals surface area contributed by atoms with E-state index in [-0.39, 0.29) is 5.91 Å². The highest BCUT2D eigenvalue weighted by molar-refractivity contribution is 6.04. The van der Waals surface area contributed by atoms with E-state index in [2.05, 4.69) is 15.3 Å². The molecule has 0 bridgehead atoms. The van der Waals surface area contributed by atoms with E-state index < -0.39 is 0 Å². The lowest BCUT2D eigenvalue weighted by Gasteiger charge is -2.29. The van der Waals surface area contributed by atoms with Crippen LogP contribution in [-0.4, -0.2) is 58.1 Å². The second kappa shape index (κ2) is 7.05. The van der Waals surface area contributed by atoms with Crippen LogP contribution in [0.3, 0.4) is 0 Å². The predicted molar refractivity (Wildman–Crippen MR) is 98.3 cm³/mol. The quantitative estimate of drug-likeness (QED) is 0.497. The zero-order valence-corrected chi connectivity index (χ0v) is 14.5. The number of carbonyl (C=O) groups excluding carboxylic acids is 1. The second-order valence-corrected chi connectivity index (χ2v) is 6.17. The van der Waals surface area contributed by atoms with Crippen molar-refractivity contribution in [2.45, 2.75) is 6.92 Å². The van der Waals surface area contributed by atoms with E-state index in [9.17, 15) is 4.79 Å². The minimum Gasteiger partial charge on any atom is -0.378 e. The number of rotatable bonds is 1. The summed E-state index contributed by atoms with van der Waals surface area (Å²) < 4.78 is 7.06. The molecule has 2 heterocycles. The van der Waals surface area contributed by atoms with Crippen LogP contribution >= 0.6 is 0 Å². The molecule has 0 radical (unpaired) electrons. The number of fused-ring (bicyclic) bond motifs is 1. The number of ether oxygens (including phenoxy) is 1. The lowest BCUT2D eigenvalue weighted by molar-refractivity contribution is 0.0660. The minimum atomic E-state index is -0.300. The van der Waals surface area contributed by atoms with E-state index in [1.54, 1.807) is 16.8 Å². The highest BCUT2D eigenvalue weighted by Gasteiger charge is 2.21. The van der Waals surface area contributed by atoms with Gasteiger partial charge >= 0.3 is 0 Å². The first-order chi connectivity index (χ1) is 12.7. The van der Waals surface area contributed by atoms with Crippen LogP contribution in [0, 0.1) is 6.92 Å². The van der Waals surface area contributed by atoms with Crippen molar-refractivity contribution in [2.24, 2.45) is 4.99 Å². The van der Waals surface area contributed by atoms with Crippen molar-refractivity contribution in [1.82, 2.24) is 19.9 Å². The van der Waals surface area contributed by atoms with Gasteiger partial charge in [-0.25, -0.2) is 0 Å². The Morgan fingerprint density at radius 1 is 1.08 bits per heavy atom. The summed E-state index contributed by atoms with van der Waals surface area (Å²) in [5.74, 6) is 0.179. The maximum atomic E-state index is 12.7. The number of aryl methyl sites for hydroxylation is 1. The molecule has 132 valence electrons. The monoisotopic (exact) mass is 349 g/mol. The van der Waals surface area contributed by atoms with Gasteiger partial charge in [0.1, 0.15) is 5.52 Å². The highest BCUT2D eigenvalue weighted by Crippen LogP contribution is 2.13. The number of nitrogens with zero attached hydrogens (tertiary/aromatic N) is 5. The van der Waals surface area contributed by atoms with E-state index in [4.69, 9.17) is 4.74 Å². The summed E-state index contributed by atoms with van der Waals surface area (Å²) in [6.07, 6.45) is 0. The third-order valence-corrected chi connectivity index (χ3v) is 4.34. The van der Waals surface area contributed by atoms with Crippen LogP contribution in [-0.2, 0) is 4.74 Å². The van der Waals surface area contributed by atoms with Gasteiger partial charge in [-0.15, -0.1) is 5.10 Å². The molecule has 0 saturated carbocycles. The van der Waals surface area contributed by atoms with Crippen LogP contribution < -0.4 is 0 Å². The van der Waals surface area contributed by atoms with E-state index in [1.807, 2.05) is 48.2 Å². The molecule has 0 unspecified atom stereocenters. The van der Waals surface area contributed by atoms with E-state index in [0.717, 1.165) is 16.6 Å². The molecule has 1 aliphatic heterocycles. The largest absolute Gasteiger partial charge is 0.378 e. The molecule has 4 rings (SSSR count). The van der Waals surface area contributed by atoms with Crippen molar-refractivity contribution in [3.8, 4) is 0 Å². The average Bonchev–Trinajstić information content (AvgIpc) is 3.11. The van der Waals surface area contributed by atoms with Crippen LogP contribution in [0.2, 0.25) is 0 Å². The molecule has 26 heavy (non-hydrogen) atoms. The Balaban J connectivity index is 1.77. The number of aliphatic imine (C=N–C) groups is 1. The van der Waals surface area contributed by atoms with Gasteiger partial charge in [0.05, 0.1) is 18.7 Å². The number of hydrogen-bond donors (Lipinski definition) is 0. The van der Waals surface area contributed by atoms with Crippen LogP contribution in [0.1, 0.15) is 15.9 Å². The Hall–Kier alpha value is -3.06. The normalized spacial score (nSPS) is 15.4. The molecule has 1 amide bonds. The maximum Gasteiger partial charge on any atom is 0.280 e. The summed E-state index contributed by atoms with van der Waals surface area (Å²) >= 11 is 0. The number of hydrogen-bond acceptors (Lipinski definition) is 4. The molecule has 7 heteroatoms. The highest BCUT2D eigenvalue weighted by atomic mass is 16.5. The van der Waals surface area contributed by atoms with Gasteiger partial charge in [0, 0.05) is 18.7 Å². The molecule has 1 aromatic heterocycles. The first kappa shape index (κ1) is 16.4. The molecule has 1 saturated heterocycles. The van der Waals surface area contributed by atoms with Crippen molar-refractivity contribution in [2.75, 3.05) is 26.3 Å². The molecule has 0 atom stereocenters. The molecule has 1 fully saturated rings. The first-order valence-corrected chi connectivity index (χ1v) is 8.55. The standard InChI is InChI=1S/C19H19N5O2/c1-14-6-8-15(9-7-14)18(25)20-19(23-10-12-26-13-11-23)24-17-5-3-2-4-16(17)21-22-24/h2-9H,10-13H2,1H3. The van der Waals surface area contributed by atoms with Gasteiger partial charge in [0.15, 0.2) is 0 Å². The van der Waals surface area contributed by atoms with Crippen LogP contribution in [0.25, 0.3) is 11.0 Å². The molecule has 1 aliphatic rings. The molecular weight excluding hydrogens is 330 g/mol. The van der Waals surface area contributed by atoms with Gasteiger partial charge in [-0.05, 0) is 31.2 Å². The number of aromatic nitrogens is 3. The number of carbonyl (C=O) groups is 1. The second-order valence-electron chi connectivity index (χ2n) is 6.17. The topological polar surface area (TPSA) is 72.6 Å². The summed E-state index contributed by atoms with van der Waals surface area (Å²) in [4.78, 5) is 19.1. The maximum absolute atomic E-state index is 12.7. The summed E-state index contributed by atoms with van der Waals surface area (Å²) in [5, 5.41) is 8.42. The summed E-state index contributed by atoms with van der Waals surface area (Å²) in [5.41, 5.74) is 3.22. The number of para-hydroxylation sites is 1. The van der Waals surface area contributed by atoms with Gasteiger partial charge in [-0.1, -0.05) is 35.0 Å². The fourth-order valence-electron chi connectivity index (χ4n) is 2.88. The van der Waals surface area contributed by atoms with Crippen molar-refractivity contribution < 1.29 is 9.53 Å². The van der Waals surface area contributed by atoms with Crippen molar-refractivity contribution in [3.05, 3.63) is 59.7 Å². The van der Waals surface area contributed by atoms with Crippen LogP contribution in [0.5, 0.6) is 0 Å². The molecule has 0 spiro atoms. The Kier molecular flexibility index (Phi) is 4.45. The lowest BCUT2D eigenvalue weighted by Crippen LogP contribution is -2.44. The molecule has 2 aromatic carbocycles. The van der Waals surface area contributed by atoms with Gasteiger partial charge in [-0.2, -0.15) is 9.67 Å². The third kappa shape index (κ3) is 3.21. The molecule has 7 nitrogen and oxygen atoms in total. The van der Waals surface area contributed by atoms with E-state index in [1.165, 1.54) is 0 Å². The van der Waals surface area contributed by atoms with Gasteiger partial charge in [0.25, 0.3) is 5.91 Å². The van der Waals surface area contributed by atoms with E-state index >= 15 is 0 Å². The van der Waals surface area contributed by atoms with Crippen LogP contribution in [0.15, 0.2) is 53.5 Å². The summed E-state index contributed by atoms with van der Waals surface area (Å²) in [6.45, 7) is 4.45. The first-order valence-electron chi connectivity index (χ1n) is 8.55. The number of morpholine rings is 1. The molecule has 0 aliphatic carbocycles. The average molecular weight is 349 g/mol. The van der Waals surface area contributed by atoms with E-state index in [0.29, 0.717) is 37.8 Å². The SMILES string of the molecule is Cc1ccc(C(=O)N=C(N2CCOCC2)n2nnc3ccccc32)cc1. The summed E-state index contributed by atoms with van der Waals surface area (Å²) in [7, 11) is 0. The molecule has 0 N–H and O–H groups in total. The third-order valence-electron chi connectivity index (χ3n) is 4.34. The minimum absolute atomic E-state index is 0.300. The number of benzene rings is 2. The fraction of sp³-hybridized carbons (Fsp3) is 0.263. The van der Waals surface area contributed by atoms with Crippen LogP contribution in [0.4, 0.5) is 0 Å². The Morgan fingerprint density at radius 3 is 2.58 bits per heavy atom. The number of amides is 1. The zero-order chi connectivity index (χ0) is 17.9. The van der Waals surface area contributed by atoms with Gasteiger partial charge in [-0.3, -0.25) is 4.79 Å². The Bertz CT molecular complexity index is 955. The lowest BCUT2D eigenvalue weighted by atomic mass is 10.1. The Morgan fingerprint density at radius 2 is 1.81 bits per heavy atom. The van der Waals surface area contributed by atoms with Gasteiger partial charge < -0.3 is 9.64 Å². The van der Waals surface area contributed by atoms with Gasteiger partial charge in [0.2, 0.25) is 5.96 Å². The summed E-state index contributed by atoms with van der Waals surface area (Å²) in [6, 6.07) is 15.0. The smallest absolute Gasteiger partial charge is 0.280 e.